The number of rotatable bonds is 11. The number of carboxylic acids is 2. The van der Waals surface area contributed by atoms with E-state index in [1.165, 1.54) is 0 Å². The SMILES string of the molecule is COC(=O)C(C[C@H](C[18F])C(=O)OC)NC(=O)OC(C)(C)C.NC(C[C@H](C[18F])C(=O)O)C(=O)O. The van der Waals surface area contributed by atoms with E-state index in [1.807, 2.05) is 0 Å². The Hall–Kier alpha value is -3.03. The number of nitrogens with one attached hydrogen (secondary N) is 1. The third kappa shape index (κ3) is 14.6. The van der Waals surface area contributed by atoms with Gasteiger partial charge in [0.25, 0.3) is 0 Å². The molecule has 0 saturated heterocycles. The highest BCUT2D eigenvalue weighted by Gasteiger charge is 2.31. The minimum absolute atomic E-state index is 0.283. The van der Waals surface area contributed by atoms with Gasteiger partial charge in [0.05, 0.1) is 26.1 Å². The second-order valence-corrected chi connectivity index (χ2v) is 7.70. The topological polar surface area (TPSA) is 192 Å². The molecule has 0 aromatic rings. The van der Waals surface area contributed by atoms with Crippen molar-refractivity contribution in [2.24, 2.45) is 17.6 Å². The number of nitrogens with two attached hydrogens (primary N) is 1. The van der Waals surface area contributed by atoms with Crippen LogP contribution in [0, 0.1) is 11.8 Å². The molecule has 0 aliphatic heterocycles. The van der Waals surface area contributed by atoms with Crippen LogP contribution in [-0.4, -0.2) is 85.4 Å². The van der Waals surface area contributed by atoms with Crippen LogP contribution >= 0.6 is 0 Å². The van der Waals surface area contributed by atoms with E-state index in [-0.39, 0.29) is 12.8 Å². The molecule has 0 rings (SSSR count). The number of methoxy groups -OCH3 is 2. The van der Waals surface area contributed by atoms with Crippen LogP contribution in [0.15, 0.2) is 0 Å². The number of carbonyl (C=O) groups excluding carboxylic acids is 3. The van der Waals surface area contributed by atoms with Crippen molar-refractivity contribution < 1.29 is 57.2 Å². The van der Waals surface area contributed by atoms with Gasteiger partial charge >= 0.3 is 30.0 Å². The van der Waals surface area contributed by atoms with Crippen molar-refractivity contribution in [2.75, 3.05) is 27.6 Å². The second-order valence-electron chi connectivity index (χ2n) is 7.70. The normalized spacial score (nSPS) is 14.3. The van der Waals surface area contributed by atoms with Gasteiger partial charge in [-0.2, -0.15) is 0 Å². The molecular formula is C19H32F2N2O10. The highest BCUT2D eigenvalue weighted by molar-refractivity contribution is 5.82. The quantitative estimate of drug-likeness (QED) is 0.238. The molecule has 0 heterocycles. The van der Waals surface area contributed by atoms with Gasteiger partial charge in [-0.3, -0.25) is 23.2 Å². The number of halogens is 2. The number of esters is 2. The second kappa shape index (κ2) is 15.7. The lowest BCUT2D eigenvalue weighted by molar-refractivity contribution is -0.149. The maximum atomic E-state index is 12.8. The molecule has 2 unspecified atom stereocenters. The minimum atomic E-state index is -1.37. The maximum absolute atomic E-state index is 12.8. The summed E-state index contributed by atoms with van der Waals surface area (Å²) in [7, 11) is 2.23. The van der Waals surface area contributed by atoms with Crippen LogP contribution in [0.1, 0.15) is 33.6 Å². The minimum Gasteiger partial charge on any atom is -0.481 e. The summed E-state index contributed by atoms with van der Waals surface area (Å²) in [5.74, 6) is -6.80. The lowest BCUT2D eigenvalue weighted by Crippen LogP contribution is -2.46. The van der Waals surface area contributed by atoms with Gasteiger partial charge in [-0.25, -0.2) is 9.59 Å². The van der Waals surface area contributed by atoms with Crippen LogP contribution in [0.5, 0.6) is 0 Å². The van der Waals surface area contributed by atoms with Crippen LogP contribution in [-0.2, 0) is 33.4 Å². The summed E-state index contributed by atoms with van der Waals surface area (Å²) in [5, 5.41) is 18.8. The highest BCUT2D eigenvalue weighted by Crippen LogP contribution is 2.13. The van der Waals surface area contributed by atoms with Gasteiger partial charge in [0.2, 0.25) is 0 Å². The van der Waals surface area contributed by atoms with Crippen molar-refractivity contribution in [3.63, 3.8) is 0 Å². The number of amides is 1. The molecule has 0 aliphatic rings. The van der Waals surface area contributed by atoms with Gasteiger partial charge in [0, 0.05) is 0 Å². The first-order valence-corrected chi connectivity index (χ1v) is 9.61. The van der Waals surface area contributed by atoms with E-state index in [1.54, 1.807) is 20.8 Å². The Balaban J connectivity index is 0. The van der Waals surface area contributed by atoms with E-state index in [0.29, 0.717) is 0 Å². The molecule has 0 bridgehead atoms. The fourth-order valence-electron chi connectivity index (χ4n) is 2.12. The van der Waals surface area contributed by atoms with Gasteiger partial charge in [-0.1, -0.05) is 0 Å². The Kier molecular flexibility index (Phi) is 15.3. The first-order valence-electron chi connectivity index (χ1n) is 9.61. The van der Waals surface area contributed by atoms with Crippen molar-refractivity contribution >= 4 is 30.0 Å². The standard InChI is InChI=1S/C13H22FNO6.C6H10FNO4/c1-13(2,3)21-12(18)15-9(11(17)20-5)6-8(7-14)10(16)19-4;7-2-3(5(9)10)1-4(8)6(11)12/h8-9H,6-7H2,1-5H3,(H,15,18);3-4H,1-2,8H2,(H,9,10)(H,11,12)/t8-,9?;3-,4?/m11/s1/i14-1;7-1. The van der Waals surface area contributed by atoms with E-state index in [9.17, 15) is 32.8 Å². The number of alkyl halides is 2. The monoisotopic (exact) mass is 484 g/mol. The zero-order valence-electron chi connectivity index (χ0n) is 19.1. The fourth-order valence-corrected chi connectivity index (χ4v) is 2.12. The number of alkyl carbamates (subject to hydrolysis) is 1. The van der Waals surface area contributed by atoms with Gasteiger partial charge in [0.1, 0.15) is 31.0 Å². The Morgan fingerprint density at radius 2 is 1.36 bits per heavy atom. The van der Waals surface area contributed by atoms with Crippen molar-refractivity contribution in [1.29, 1.82) is 0 Å². The largest absolute Gasteiger partial charge is 0.481 e. The Morgan fingerprint density at radius 1 is 0.879 bits per heavy atom. The van der Waals surface area contributed by atoms with Crippen molar-refractivity contribution in [3.8, 4) is 0 Å². The Labute approximate surface area is 189 Å². The molecule has 192 valence electrons. The molecule has 0 aromatic carbocycles. The zero-order valence-corrected chi connectivity index (χ0v) is 19.1. The summed E-state index contributed by atoms with van der Waals surface area (Å²) in [4.78, 5) is 54.9. The number of carbonyl (C=O) groups is 5. The first kappa shape index (κ1) is 32.2. The number of carboxylic acid groups (broad SMARTS) is 2. The van der Waals surface area contributed by atoms with Crippen molar-refractivity contribution in [2.45, 2.75) is 51.3 Å². The van der Waals surface area contributed by atoms with Crippen molar-refractivity contribution in [1.82, 2.24) is 5.32 Å². The summed E-state index contributed by atoms with van der Waals surface area (Å²) in [6.07, 6.45) is -1.53. The summed E-state index contributed by atoms with van der Waals surface area (Å²) < 4.78 is 38.7. The smallest absolute Gasteiger partial charge is 0.408 e. The molecule has 0 aliphatic carbocycles. The van der Waals surface area contributed by atoms with Gasteiger partial charge in [0.15, 0.2) is 0 Å². The van der Waals surface area contributed by atoms with Crippen LogP contribution in [0.2, 0.25) is 0 Å². The average molecular weight is 484 g/mol. The summed E-state index contributed by atoms with van der Waals surface area (Å²) in [5.41, 5.74) is 4.24. The molecule has 5 N–H and O–H groups in total. The van der Waals surface area contributed by atoms with Crippen LogP contribution in [0.4, 0.5) is 13.6 Å². The third-order valence-electron chi connectivity index (χ3n) is 3.81. The van der Waals surface area contributed by atoms with E-state index in [2.05, 4.69) is 14.8 Å². The highest BCUT2D eigenvalue weighted by atomic mass is 18.2. The number of hydrogen-bond acceptors (Lipinski definition) is 9. The zero-order chi connectivity index (χ0) is 26.4. The Morgan fingerprint density at radius 3 is 1.70 bits per heavy atom. The predicted molar refractivity (Wildman–Crippen MR) is 109 cm³/mol. The van der Waals surface area contributed by atoms with Gasteiger partial charge in [-0.05, 0) is 33.6 Å². The van der Waals surface area contributed by atoms with E-state index in [4.69, 9.17) is 20.7 Å². The third-order valence-corrected chi connectivity index (χ3v) is 3.81. The van der Waals surface area contributed by atoms with Crippen LogP contribution in [0.25, 0.3) is 0 Å². The summed E-state index contributed by atoms with van der Waals surface area (Å²) in [6.45, 7) is 2.84. The maximum Gasteiger partial charge on any atom is 0.408 e. The predicted octanol–water partition coefficient (Wildman–Crippen LogP) is 0.660. The van der Waals surface area contributed by atoms with E-state index < -0.39 is 72.8 Å². The van der Waals surface area contributed by atoms with Crippen LogP contribution < -0.4 is 11.1 Å². The lowest BCUT2D eigenvalue weighted by Gasteiger charge is -2.23. The van der Waals surface area contributed by atoms with Gasteiger partial charge < -0.3 is 35.5 Å². The Bertz CT molecular complexity index is 669. The van der Waals surface area contributed by atoms with Crippen LogP contribution in [0.3, 0.4) is 0 Å². The van der Waals surface area contributed by atoms with E-state index >= 15 is 0 Å². The molecule has 14 heteroatoms. The molecular weight excluding hydrogens is 452 g/mol. The van der Waals surface area contributed by atoms with E-state index in [0.717, 1.165) is 14.2 Å². The molecule has 0 radical (unpaired) electrons. The lowest BCUT2D eigenvalue weighted by atomic mass is 10.0. The molecule has 1 amide bonds. The number of ether oxygens (including phenoxy) is 3. The summed E-state index contributed by atoms with van der Waals surface area (Å²) >= 11 is 0. The van der Waals surface area contributed by atoms with Crippen molar-refractivity contribution in [3.05, 3.63) is 0 Å². The fraction of sp³-hybridized carbons (Fsp3) is 0.737. The molecule has 12 nitrogen and oxygen atoms in total. The molecule has 33 heavy (non-hydrogen) atoms. The molecule has 0 aromatic heterocycles. The summed E-state index contributed by atoms with van der Waals surface area (Å²) in [6, 6.07) is -2.52. The molecule has 0 fully saturated rings. The van der Waals surface area contributed by atoms with Gasteiger partial charge in [-0.15, -0.1) is 0 Å². The molecule has 0 spiro atoms. The first-order chi connectivity index (χ1) is 15.1. The molecule has 0 saturated carbocycles. The molecule has 4 atom stereocenters. The average Bonchev–Trinajstić information content (AvgIpc) is 2.72. The number of hydrogen-bond donors (Lipinski definition) is 4. The number of aliphatic carboxylic acids is 2.